The molecule has 7 heteroatoms. The quantitative estimate of drug-likeness (QED) is 0.595. The van der Waals surface area contributed by atoms with Gasteiger partial charge >= 0.3 is 6.09 Å². The van der Waals surface area contributed by atoms with E-state index in [1.54, 1.807) is 7.11 Å². The predicted molar refractivity (Wildman–Crippen MR) is 112 cm³/mol. The summed E-state index contributed by atoms with van der Waals surface area (Å²) in [4.78, 5) is 18.9. The molecule has 2 N–H and O–H groups in total. The normalized spacial score (nSPS) is 18.9. The molecule has 0 unspecified atom stereocenters. The van der Waals surface area contributed by atoms with Crippen molar-refractivity contribution in [1.29, 1.82) is 0 Å². The first-order valence-electron chi connectivity index (χ1n) is 10.5. The summed E-state index contributed by atoms with van der Waals surface area (Å²) in [5, 5.41) is 0. The van der Waals surface area contributed by atoms with Crippen LogP contribution in [-0.4, -0.2) is 74.9 Å². The number of amides is 1. The van der Waals surface area contributed by atoms with Crippen LogP contribution in [0.25, 0.3) is 0 Å². The van der Waals surface area contributed by atoms with Gasteiger partial charge in [-0.3, -0.25) is 4.90 Å². The Morgan fingerprint density at radius 2 is 1.86 bits per heavy atom. The summed E-state index contributed by atoms with van der Waals surface area (Å²) in [5.74, 6) is 0.738. The first kappa shape index (κ1) is 20.6. The number of ether oxygens (including phenoxy) is 2. The van der Waals surface area contributed by atoms with E-state index < -0.39 is 0 Å². The molecule has 1 aromatic rings. The standard InChI is InChI=1S/C21H34N4O3/c1-3-4-15-28-21(26)25-13-11-24(12-14-25)17-7-9-23(10-8-17)18-5-6-19(22)20(16-18)27-2/h5-6,16-17H,3-4,7-15,22H2,1-2H3. The lowest BCUT2D eigenvalue weighted by molar-refractivity contribution is 0.0582. The summed E-state index contributed by atoms with van der Waals surface area (Å²) in [6.45, 7) is 8.08. The second kappa shape index (κ2) is 9.87. The molecule has 7 nitrogen and oxygen atoms in total. The van der Waals surface area contributed by atoms with Gasteiger partial charge in [-0.05, 0) is 31.4 Å². The van der Waals surface area contributed by atoms with E-state index >= 15 is 0 Å². The highest BCUT2D eigenvalue weighted by molar-refractivity contribution is 5.67. The molecule has 156 valence electrons. The van der Waals surface area contributed by atoms with Crippen molar-refractivity contribution in [1.82, 2.24) is 9.80 Å². The summed E-state index contributed by atoms with van der Waals surface area (Å²) < 4.78 is 10.7. The number of hydrogen-bond donors (Lipinski definition) is 1. The van der Waals surface area contributed by atoms with Crippen LogP contribution in [0.15, 0.2) is 18.2 Å². The van der Waals surface area contributed by atoms with E-state index in [1.807, 2.05) is 17.0 Å². The highest BCUT2D eigenvalue weighted by Crippen LogP contribution is 2.30. The Labute approximate surface area is 168 Å². The van der Waals surface area contributed by atoms with Gasteiger partial charge in [0, 0.05) is 57.1 Å². The number of carbonyl (C=O) groups excluding carboxylic acids is 1. The number of unbranched alkanes of at least 4 members (excludes halogenated alkanes) is 1. The minimum Gasteiger partial charge on any atom is -0.495 e. The van der Waals surface area contributed by atoms with Gasteiger partial charge < -0.3 is 25.0 Å². The van der Waals surface area contributed by atoms with Gasteiger partial charge in [0.05, 0.1) is 19.4 Å². The van der Waals surface area contributed by atoms with Gasteiger partial charge in [0.15, 0.2) is 0 Å². The maximum atomic E-state index is 12.1. The third kappa shape index (κ3) is 5.01. The highest BCUT2D eigenvalue weighted by atomic mass is 16.6. The molecule has 0 aliphatic carbocycles. The molecule has 2 heterocycles. The van der Waals surface area contributed by atoms with Crippen molar-refractivity contribution in [3.63, 3.8) is 0 Å². The average Bonchev–Trinajstić information content (AvgIpc) is 2.74. The largest absolute Gasteiger partial charge is 0.495 e. The Bertz CT molecular complexity index is 639. The van der Waals surface area contributed by atoms with E-state index in [1.165, 1.54) is 5.69 Å². The van der Waals surface area contributed by atoms with Gasteiger partial charge in [-0.15, -0.1) is 0 Å². The second-order valence-corrected chi connectivity index (χ2v) is 7.64. The Morgan fingerprint density at radius 1 is 1.14 bits per heavy atom. The van der Waals surface area contributed by atoms with Gasteiger partial charge in [-0.1, -0.05) is 13.3 Å². The molecular weight excluding hydrogens is 356 g/mol. The van der Waals surface area contributed by atoms with E-state index in [-0.39, 0.29) is 6.09 Å². The number of hydrogen-bond acceptors (Lipinski definition) is 6. The fourth-order valence-corrected chi connectivity index (χ4v) is 4.05. The lowest BCUT2D eigenvalue weighted by atomic mass is 10.0. The van der Waals surface area contributed by atoms with E-state index in [0.717, 1.165) is 70.7 Å². The maximum Gasteiger partial charge on any atom is 0.409 e. The number of piperazine rings is 1. The van der Waals surface area contributed by atoms with Crippen LogP contribution in [0.3, 0.4) is 0 Å². The molecule has 28 heavy (non-hydrogen) atoms. The van der Waals surface area contributed by atoms with E-state index in [0.29, 0.717) is 18.3 Å². The van der Waals surface area contributed by atoms with E-state index in [2.05, 4.69) is 22.8 Å². The second-order valence-electron chi connectivity index (χ2n) is 7.64. The summed E-state index contributed by atoms with van der Waals surface area (Å²) >= 11 is 0. The summed E-state index contributed by atoms with van der Waals surface area (Å²) in [7, 11) is 1.65. The van der Waals surface area contributed by atoms with Crippen LogP contribution in [0, 0.1) is 0 Å². The average molecular weight is 391 g/mol. The number of methoxy groups -OCH3 is 1. The number of nitrogen functional groups attached to an aromatic ring is 1. The van der Waals surface area contributed by atoms with Crippen molar-refractivity contribution in [3.05, 3.63) is 18.2 Å². The van der Waals surface area contributed by atoms with E-state index in [4.69, 9.17) is 15.2 Å². The van der Waals surface area contributed by atoms with Crippen LogP contribution in [-0.2, 0) is 4.74 Å². The van der Waals surface area contributed by atoms with Crippen molar-refractivity contribution < 1.29 is 14.3 Å². The first-order chi connectivity index (χ1) is 13.6. The lowest BCUT2D eigenvalue weighted by Crippen LogP contribution is -2.54. The first-order valence-corrected chi connectivity index (χ1v) is 10.5. The minimum atomic E-state index is -0.153. The van der Waals surface area contributed by atoms with Gasteiger partial charge in [0.25, 0.3) is 0 Å². The van der Waals surface area contributed by atoms with Crippen molar-refractivity contribution in [3.8, 4) is 5.75 Å². The van der Waals surface area contributed by atoms with Crippen LogP contribution in [0.1, 0.15) is 32.6 Å². The zero-order valence-corrected chi connectivity index (χ0v) is 17.2. The number of rotatable bonds is 6. The smallest absolute Gasteiger partial charge is 0.409 e. The van der Waals surface area contributed by atoms with Crippen LogP contribution in [0.5, 0.6) is 5.75 Å². The van der Waals surface area contributed by atoms with Gasteiger partial charge in [0.1, 0.15) is 5.75 Å². The molecule has 0 atom stereocenters. The molecule has 0 radical (unpaired) electrons. The third-order valence-electron chi connectivity index (χ3n) is 5.86. The number of nitrogens with zero attached hydrogens (tertiary/aromatic N) is 3. The number of piperidine rings is 1. The third-order valence-corrected chi connectivity index (χ3v) is 5.86. The molecule has 2 saturated heterocycles. The lowest BCUT2D eigenvalue weighted by Gasteiger charge is -2.43. The Balaban J connectivity index is 1.44. The Hall–Kier alpha value is -2.15. The zero-order valence-electron chi connectivity index (χ0n) is 17.2. The van der Waals surface area contributed by atoms with Gasteiger partial charge in [0.2, 0.25) is 0 Å². The molecule has 1 amide bonds. The number of benzene rings is 1. The molecule has 0 saturated carbocycles. The molecular formula is C21H34N4O3. The van der Waals surface area contributed by atoms with Crippen molar-refractivity contribution in [2.24, 2.45) is 0 Å². The molecule has 2 aliphatic rings. The fourth-order valence-electron chi connectivity index (χ4n) is 4.05. The maximum absolute atomic E-state index is 12.1. The Kier molecular flexibility index (Phi) is 7.25. The molecule has 0 bridgehead atoms. The van der Waals surface area contributed by atoms with Crippen molar-refractivity contribution in [2.75, 3.05) is 63.6 Å². The highest BCUT2D eigenvalue weighted by Gasteiger charge is 2.29. The predicted octanol–water partition coefficient (Wildman–Crippen LogP) is 2.80. The topological polar surface area (TPSA) is 71.3 Å². The number of carbonyl (C=O) groups is 1. The molecule has 3 rings (SSSR count). The number of anilines is 2. The van der Waals surface area contributed by atoms with E-state index in [9.17, 15) is 4.79 Å². The van der Waals surface area contributed by atoms with Crippen LogP contribution in [0.4, 0.5) is 16.2 Å². The summed E-state index contributed by atoms with van der Waals surface area (Å²) in [6.07, 6.45) is 4.09. The SMILES string of the molecule is CCCCOC(=O)N1CCN(C2CCN(c3ccc(N)c(OC)c3)CC2)CC1. The van der Waals surface area contributed by atoms with Gasteiger partial charge in [-0.2, -0.15) is 0 Å². The van der Waals surface area contributed by atoms with Crippen LogP contribution >= 0.6 is 0 Å². The summed E-state index contributed by atoms with van der Waals surface area (Å²) in [5.41, 5.74) is 7.77. The molecule has 2 fully saturated rings. The van der Waals surface area contributed by atoms with Crippen molar-refractivity contribution >= 4 is 17.5 Å². The van der Waals surface area contributed by atoms with Crippen molar-refractivity contribution in [2.45, 2.75) is 38.6 Å². The molecule has 0 spiro atoms. The molecule has 1 aromatic carbocycles. The molecule has 0 aromatic heterocycles. The minimum absolute atomic E-state index is 0.153. The number of nitrogens with two attached hydrogens (primary N) is 1. The fraction of sp³-hybridized carbons (Fsp3) is 0.667. The monoisotopic (exact) mass is 390 g/mol. The van der Waals surface area contributed by atoms with Crippen LogP contribution < -0.4 is 15.4 Å². The molecule has 2 aliphatic heterocycles. The summed E-state index contributed by atoms with van der Waals surface area (Å²) in [6, 6.07) is 6.60. The zero-order chi connectivity index (χ0) is 19.9. The Morgan fingerprint density at radius 3 is 2.50 bits per heavy atom. The van der Waals surface area contributed by atoms with Gasteiger partial charge in [-0.25, -0.2) is 4.79 Å². The van der Waals surface area contributed by atoms with Crippen LogP contribution in [0.2, 0.25) is 0 Å².